The van der Waals surface area contributed by atoms with Crippen LogP contribution in [0.15, 0.2) is 24.3 Å². The Morgan fingerprint density at radius 1 is 1.20 bits per heavy atom. The Morgan fingerprint density at radius 2 is 2.00 bits per heavy atom. The Kier molecular flexibility index (Phi) is 7.23. The van der Waals surface area contributed by atoms with Crippen LogP contribution in [0.25, 0.3) is 0 Å². The number of piperazine rings is 1. The summed E-state index contributed by atoms with van der Waals surface area (Å²) in [7, 11) is 5.74. The minimum absolute atomic E-state index is 0.327. The highest BCUT2D eigenvalue weighted by Gasteiger charge is 2.22. The molecular formula is C19H28N2O2S2. The number of hydrogen-bond acceptors (Lipinski definition) is 5. The number of benzene rings is 1. The van der Waals surface area contributed by atoms with E-state index in [4.69, 9.17) is 4.74 Å². The number of para-hydroxylation sites is 2. The molecule has 138 valence electrons. The van der Waals surface area contributed by atoms with E-state index >= 15 is 0 Å². The number of unbranched alkanes of at least 4 members (excludes halogenated alkanes) is 1. The molecule has 1 amide bonds. The van der Waals surface area contributed by atoms with Crippen molar-refractivity contribution in [3.8, 4) is 5.75 Å². The van der Waals surface area contributed by atoms with Crippen molar-refractivity contribution in [1.29, 1.82) is 0 Å². The second-order valence-electron chi connectivity index (χ2n) is 6.61. The normalized spacial score (nSPS) is 20.8. The van der Waals surface area contributed by atoms with Gasteiger partial charge < -0.3 is 14.5 Å². The number of carbonyl (C=O) groups excluding carboxylic acids is 1. The van der Waals surface area contributed by atoms with Crippen molar-refractivity contribution >= 4 is 33.2 Å². The molecule has 3 rings (SSSR count). The van der Waals surface area contributed by atoms with Crippen LogP contribution in [0.4, 0.5) is 5.69 Å². The summed E-state index contributed by atoms with van der Waals surface area (Å²) < 4.78 is 5.46. The number of methoxy groups -OCH3 is 1. The summed E-state index contributed by atoms with van der Waals surface area (Å²) in [6.07, 6.45) is 5.54. The molecule has 0 radical (unpaired) electrons. The molecule has 1 aromatic carbocycles. The van der Waals surface area contributed by atoms with Crippen molar-refractivity contribution in [2.24, 2.45) is 0 Å². The van der Waals surface area contributed by atoms with E-state index in [1.807, 2.05) is 44.7 Å². The van der Waals surface area contributed by atoms with Gasteiger partial charge in [0.1, 0.15) is 5.75 Å². The minimum Gasteiger partial charge on any atom is -0.495 e. The Labute approximate surface area is 159 Å². The fraction of sp³-hybridized carbons (Fsp3) is 0.632. The lowest BCUT2D eigenvalue weighted by atomic mass is 10.1. The summed E-state index contributed by atoms with van der Waals surface area (Å²) in [5.41, 5.74) is 1.13. The van der Waals surface area contributed by atoms with Crippen molar-refractivity contribution in [3.63, 3.8) is 0 Å². The maximum atomic E-state index is 12.4. The zero-order valence-electron chi connectivity index (χ0n) is 15.0. The molecule has 0 bridgehead atoms. The number of nitrogens with zero attached hydrogens (tertiary/aromatic N) is 2. The molecule has 0 saturated carbocycles. The van der Waals surface area contributed by atoms with Gasteiger partial charge in [-0.25, -0.2) is 0 Å². The molecule has 2 saturated heterocycles. The molecular weight excluding hydrogens is 352 g/mol. The van der Waals surface area contributed by atoms with Crippen LogP contribution in [0.3, 0.4) is 0 Å². The van der Waals surface area contributed by atoms with Crippen molar-refractivity contribution in [3.05, 3.63) is 24.3 Å². The summed E-state index contributed by atoms with van der Waals surface area (Å²) in [5, 5.41) is 0.824. The average molecular weight is 381 g/mol. The van der Waals surface area contributed by atoms with E-state index in [9.17, 15) is 4.79 Å². The van der Waals surface area contributed by atoms with Gasteiger partial charge in [0.15, 0.2) is 0 Å². The first-order valence-corrected chi connectivity index (χ1v) is 11.6. The second kappa shape index (κ2) is 9.62. The molecule has 1 atom stereocenters. The fourth-order valence-corrected chi connectivity index (χ4v) is 6.49. The number of hydrogen-bond donors (Lipinski definition) is 0. The molecule has 0 unspecified atom stereocenters. The van der Waals surface area contributed by atoms with Crippen LogP contribution in [0.2, 0.25) is 0 Å². The van der Waals surface area contributed by atoms with Gasteiger partial charge in [-0.2, -0.15) is 0 Å². The van der Waals surface area contributed by atoms with E-state index in [2.05, 4.69) is 11.0 Å². The third-order valence-electron chi connectivity index (χ3n) is 4.95. The van der Waals surface area contributed by atoms with Gasteiger partial charge in [0.25, 0.3) is 0 Å². The molecule has 4 nitrogen and oxygen atoms in total. The molecule has 0 aliphatic carbocycles. The first kappa shape index (κ1) is 18.8. The molecule has 2 heterocycles. The highest BCUT2D eigenvalue weighted by atomic mass is 33.1. The Hall–Kier alpha value is -1.01. The first-order valence-electron chi connectivity index (χ1n) is 9.22. The van der Waals surface area contributed by atoms with Crippen molar-refractivity contribution < 1.29 is 9.53 Å². The van der Waals surface area contributed by atoms with Gasteiger partial charge in [0.2, 0.25) is 5.91 Å². The topological polar surface area (TPSA) is 32.8 Å². The quantitative estimate of drug-likeness (QED) is 0.526. The van der Waals surface area contributed by atoms with Crippen molar-refractivity contribution in [2.45, 2.75) is 37.4 Å². The van der Waals surface area contributed by atoms with Gasteiger partial charge in [0, 0.05) is 43.6 Å². The number of rotatable bonds is 7. The van der Waals surface area contributed by atoms with E-state index in [0.29, 0.717) is 12.3 Å². The summed E-state index contributed by atoms with van der Waals surface area (Å²) in [4.78, 5) is 16.8. The zero-order valence-corrected chi connectivity index (χ0v) is 16.6. The van der Waals surface area contributed by atoms with E-state index in [-0.39, 0.29) is 0 Å². The lowest BCUT2D eigenvalue weighted by Gasteiger charge is -2.36. The highest BCUT2D eigenvalue weighted by Crippen LogP contribution is 2.39. The molecule has 0 spiro atoms. The lowest BCUT2D eigenvalue weighted by molar-refractivity contribution is -0.131. The predicted octanol–water partition coefficient (Wildman–Crippen LogP) is 4.06. The Balaban J connectivity index is 1.38. The largest absolute Gasteiger partial charge is 0.495 e. The highest BCUT2D eigenvalue weighted by molar-refractivity contribution is 8.77. The SMILES string of the molecule is COc1ccccc1N1CCN(C(=O)CCCC[C@H]2CCSS2)CC1. The molecule has 2 aliphatic rings. The van der Waals surface area contributed by atoms with E-state index in [1.54, 1.807) is 7.11 Å². The first-order chi connectivity index (χ1) is 12.3. The third kappa shape index (κ3) is 5.23. The summed E-state index contributed by atoms with van der Waals surface area (Å²) in [5.74, 6) is 2.53. The smallest absolute Gasteiger partial charge is 0.222 e. The third-order valence-corrected chi connectivity index (χ3v) is 7.96. The van der Waals surface area contributed by atoms with Gasteiger partial charge in [-0.3, -0.25) is 4.79 Å². The second-order valence-corrected chi connectivity index (χ2v) is 9.40. The van der Waals surface area contributed by atoms with Gasteiger partial charge in [-0.15, -0.1) is 0 Å². The number of amides is 1. The Morgan fingerprint density at radius 3 is 2.72 bits per heavy atom. The minimum atomic E-state index is 0.327. The lowest BCUT2D eigenvalue weighted by Crippen LogP contribution is -2.48. The molecule has 25 heavy (non-hydrogen) atoms. The summed E-state index contributed by atoms with van der Waals surface area (Å²) in [6, 6.07) is 8.12. The molecule has 6 heteroatoms. The maximum absolute atomic E-state index is 12.4. The van der Waals surface area contributed by atoms with Crippen LogP contribution in [0.5, 0.6) is 5.75 Å². The molecule has 2 fully saturated rings. The van der Waals surface area contributed by atoms with Crippen LogP contribution >= 0.6 is 21.6 Å². The maximum Gasteiger partial charge on any atom is 0.222 e. The monoisotopic (exact) mass is 380 g/mol. The van der Waals surface area contributed by atoms with Crippen molar-refractivity contribution in [2.75, 3.05) is 43.9 Å². The van der Waals surface area contributed by atoms with E-state index in [0.717, 1.165) is 49.3 Å². The summed E-state index contributed by atoms with van der Waals surface area (Å²) in [6.45, 7) is 3.38. The Bertz CT molecular complexity index is 556. The van der Waals surface area contributed by atoms with E-state index < -0.39 is 0 Å². The molecule has 2 aliphatic heterocycles. The van der Waals surface area contributed by atoms with Gasteiger partial charge >= 0.3 is 0 Å². The van der Waals surface area contributed by atoms with Crippen LogP contribution in [0.1, 0.15) is 32.1 Å². The molecule has 1 aromatic rings. The molecule has 0 aromatic heterocycles. The number of carbonyl (C=O) groups is 1. The van der Waals surface area contributed by atoms with Crippen LogP contribution in [-0.4, -0.2) is 55.1 Å². The molecule has 0 N–H and O–H groups in total. The van der Waals surface area contributed by atoms with E-state index in [1.165, 1.54) is 25.0 Å². The van der Waals surface area contributed by atoms with Gasteiger partial charge in [0.05, 0.1) is 12.8 Å². The predicted molar refractivity (Wildman–Crippen MR) is 109 cm³/mol. The average Bonchev–Trinajstić information content (AvgIpc) is 3.18. The fourth-order valence-electron chi connectivity index (χ4n) is 3.46. The number of anilines is 1. The standard InChI is InChI=1S/C19H28N2O2S2/c1-23-18-8-4-3-7-17(18)20-11-13-21(14-12-20)19(22)9-5-2-6-16-10-15-24-25-16/h3-4,7-8,16H,2,5-6,9-15H2,1H3/t16-/m0/s1. The van der Waals surface area contributed by atoms with Crippen LogP contribution in [0, 0.1) is 0 Å². The van der Waals surface area contributed by atoms with Crippen LogP contribution in [-0.2, 0) is 4.79 Å². The van der Waals surface area contributed by atoms with Crippen LogP contribution < -0.4 is 9.64 Å². The van der Waals surface area contributed by atoms with Gasteiger partial charge in [-0.05, 0) is 31.4 Å². The summed E-state index contributed by atoms with van der Waals surface area (Å²) >= 11 is 0. The van der Waals surface area contributed by atoms with Gasteiger partial charge in [-0.1, -0.05) is 40.1 Å². The number of ether oxygens (including phenoxy) is 1. The zero-order chi connectivity index (χ0) is 17.5. The van der Waals surface area contributed by atoms with Crippen molar-refractivity contribution in [1.82, 2.24) is 4.90 Å².